The zero-order valence-corrected chi connectivity index (χ0v) is 15.9. The molecule has 0 aliphatic heterocycles. The van der Waals surface area contributed by atoms with E-state index in [4.69, 9.17) is 17.3 Å². The highest BCUT2D eigenvalue weighted by atomic mass is 35.5. The molecule has 0 saturated heterocycles. The van der Waals surface area contributed by atoms with Crippen LogP contribution in [0.25, 0.3) is 10.9 Å². The molecule has 0 saturated carbocycles. The number of halogens is 4. The Kier molecular flexibility index (Phi) is 5.27. The minimum Gasteiger partial charge on any atom is -0.384 e. The maximum atomic E-state index is 13.2. The fourth-order valence-corrected chi connectivity index (χ4v) is 3.94. The Morgan fingerprint density at radius 2 is 1.96 bits per heavy atom. The summed E-state index contributed by atoms with van der Waals surface area (Å²) in [5.41, 5.74) is 5.54. The molecule has 1 unspecified atom stereocenters. The SMILES string of the molecule is CSc1cc(N)nc(SC(C)c2cc3c(C(F)(F)F)c[nH]c3c(Cl)n2)n1. The summed E-state index contributed by atoms with van der Waals surface area (Å²) in [6.07, 6.45) is -1.73. The lowest BCUT2D eigenvalue weighted by atomic mass is 10.1. The highest BCUT2D eigenvalue weighted by Crippen LogP contribution is 2.40. The van der Waals surface area contributed by atoms with Crippen LogP contribution in [0.3, 0.4) is 0 Å². The first-order chi connectivity index (χ1) is 12.2. The van der Waals surface area contributed by atoms with E-state index in [1.807, 2.05) is 6.26 Å². The van der Waals surface area contributed by atoms with Crippen LogP contribution in [0.15, 0.2) is 28.5 Å². The number of nitrogens with two attached hydrogens (primary N) is 1. The summed E-state index contributed by atoms with van der Waals surface area (Å²) >= 11 is 8.74. The zero-order chi connectivity index (χ0) is 19.1. The van der Waals surface area contributed by atoms with Crippen molar-refractivity contribution in [2.75, 3.05) is 12.0 Å². The van der Waals surface area contributed by atoms with Crippen LogP contribution in [-0.2, 0) is 6.18 Å². The number of H-pyrrole nitrogens is 1. The summed E-state index contributed by atoms with van der Waals surface area (Å²) in [5, 5.41) is 0.769. The van der Waals surface area contributed by atoms with E-state index in [0.29, 0.717) is 21.7 Å². The number of nitrogens with zero attached hydrogens (tertiary/aromatic N) is 3. The second-order valence-electron chi connectivity index (χ2n) is 5.34. The molecule has 5 nitrogen and oxygen atoms in total. The van der Waals surface area contributed by atoms with E-state index < -0.39 is 11.7 Å². The predicted molar refractivity (Wildman–Crippen MR) is 98.6 cm³/mol. The Balaban J connectivity index is 1.98. The van der Waals surface area contributed by atoms with Crippen LogP contribution < -0.4 is 5.73 Å². The Labute approximate surface area is 160 Å². The van der Waals surface area contributed by atoms with Gasteiger partial charge in [0.05, 0.1) is 22.0 Å². The molecule has 0 bridgehead atoms. The highest BCUT2D eigenvalue weighted by Gasteiger charge is 2.34. The van der Waals surface area contributed by atoms with Gasteiger partial charge < -0.3 is 10.7 Å². The molecule has 138 valence electrons. The van der Waals surface area contributed by atoms with Crippen molar-refractivity contribution in [3.63, 3.8) is 0 Å². The van der Waals surface area contributed by atoms with Gasteiger partial charge in [-0.05, 0) is 19.2 Å². The van der Waals surface area contributed by atoms with Gasteiger partial charge in [0, 0.05) is 17.6 Å². The van der Waals surface area contributed by atoms with Crippen LogP contribution in [0.2, 0.25) is 5.15 Å². The summed E-state index contributed by atoms with van der Waals surface area (Å²) in [7, 11) is 0. The quantitative estimate of drug-likeness (QED) is 0.262. The smallest absolute Gasteiger partial charge is 0.384 e. The first-order valence-electron chi connectivity index (χ1n) is 7.29. The summed E-state index contributed by atoms with van der Waals surface area (Å²) in [6.45, 7) is 1.79. The molecule has 0 fully saturated rings. The lowest BCUT2D eigenvalue weighted by Crippen LogP contribution is -2.04. The predicted octanol–water partition coefficient (Wildman–Crippen LogP) is 5.18. The largest absolute Gasteiger partial charge is 0.418 e. The number of anilines is 1. The molecule has 3 heterocycles. The molecule has 11 heteroatoms. The lowest BCUT2D eigenvalue weighted by Gasteiger charge is -2.12. The van der Waals surface area contributed by atoms with Crippen molar-refractivity contribution in [3.05, 3.63) is 34.7 Å². The summed E-state index contributed by atoms with van der Waals surface area (Å²) in [4.78, 5) is 15.2. The van der Waals surface area contributed by atoms with Crippen LogP contribution in [0, 0.1) is 0 Å². The van der Waals surface area contributed by atoms with Gasteiger partial charge in [-0.15, -0.1) is 11.8 Å². The number of nitrogens with one attached hydrogen (secondary N) is 1. The number of hydrogen-bond donors (Lipinski definition) is 2. The van der Waals surface area contributed by atoms with Crippen molar-refractivity contribution >= 4 is 51.8 Å². The number of alkyl halides is 3. The van der Waals surface area contributed by atoms with Gasteiger partial charge in [-0.25, -0.2) is 15.0 Å². The molecule has 1 atom stereocenters. The van der Waals surface area contributed by atoms with Gasteiger partial charge in [0.25, 0.3) is 0 Å². The Hall–Kier alpha value is -1.65. The number of pyridine rings is 1. The molecule has 26 heavy (non-hydrogen) atoms. The minimum atomic E-state index is -4.49. The van der Waals surface area contributed by atoms with Crippen molar-refractivity contribution in [1.82, 2.24) is 19.9 Å². The molecule has 3 aromatic heterocycles. The van der Waals surface area contributed by atoms with Crippen LogP contribution in [-0.4, -0.2) is 26.2 Å². The number of fused-ring (bicyclic) bond motifs is 1. The van der Waals surface area contributed by atoms with E-state index in [-0.39, 0.29) is 21.3 Å². The van der Waals surface area contributed by atoms with Gasteiger partial charge in [-0.2, -0.15) is 13.2 Å². The van der Waals surface area contributed by atoms with Gasteiger partial charge in [0.1, 0.15) is 10.8 Å². The molecular weight excluding hydrogens is 407 g/mol. The molecule has 0 radical (unpaired) electrons. The average molecular weight is 420 g/mol. The molecule has 0 spiro atoms. The third kappa shape index (κ3) is 3.86. The van der Waals surface area contributed by atoms with Crippen molar-refractivity contribution in [2.24, 2.45) is 0 Å². The van der Waals surface area contributed by atoms with E-state index in [1.165, 1.54) is 29.6 Å². The third-order valence-electron chi connectivity index (χ3n) is 3.56. The number of rotatable bonds is 4. The Morgan fingerprint density at radius 1 is 1.23 bits per heavy atom. The van der Waals surface area contributed by atoms with Gasteiger partial charge in [0.2, 0.25) is 0 Å². The maximum absolute atomic E-state index is 13.2. The molecule has 0 aliphatic rings. The molecule has 0 aliphatic carbocycles. The second kappa shape index (κ2) is 7.16. The van der Waals surface area contributed by atoms with E-state index >= 15 is 0 Å². The van der Waals surface area contributed by atoms with Crippen LogP contribution in [0.1, 0.15) is 23.4 Å². The number of hydrogen-bond acceptors (Lipinski definition) is 6. The molecular formula is C15H13ClF3N5S2. The van der Waals surface area contributed by atoms with Gasteiger partial charge >= 0.3 is 6.18 Å². The van der Waals surface area contributed by atoms with Crippen LogP contribution >= 0.6 is 35.1 Å². The second-order valence-corrected chi connectivity index (χ2v) is 7.83. The van der Waals surface area contributed by atoms with Crippen LogP contribution in [0.5, 0.6) is 0 Å². The summed E-state index contributed by atoms with van der Waals surface area (Å²) < 4.78 is 39.5. The normalized spacial score (nSPS) is 13.3. The summed E-state index contributed by atoms with van der Waals surface area (Å²) in [6, 6.07) is 3.04. The van der Waals surface area contributed by atoms with E-state index in [0.717, 1.165) is 6.20 Å². The molecule has 3 rings (SSSR count). The number of nitrogen functional groups attached to an aromatic ring is 1. The zero-order valence-electron chi connectivity index (χ0n) is 13.6. The van der Waals surface area contributed by atoms with Crippen molar-refractivity contribution in [3.8, 4) is 0 Å². The number of thioether (sulfide) groups is 2. The van der Waals surface area contributed by atoms with Crippen molar-refractivity contribution in [1.29, 1.82) is 0 Å². The fraction of sp³-hybridized carbons (Fsp3) is 0.267. The first kappa shape index (κ1) is 19.1. The Bertz CT molecular complexity index is 960. The van der Waals surface area contributed by atoms with Gasteiger partial charge in [-0.1, -0.05) is 23.4 Å². The first-order valence-corrected chi connectivity index (χ1v) is 9.77. The summed E-state index contributed by atoms with van der Waals surface area (Å²) in [5.74, 6) is 0.325. The molecule has 0 amide bonds. The molecule has 3 aromatic rings. The van der Waals surface area contributed by atoms with Gasteiger partial charge in [-0.3, -0.25) is 0 Å². The van der Waals surface area contributed by atoms with E-state index in [2.05, 4.69) is 19.9 Å². The molecule has 0 aromatic carbocycles. The standard InChI is InChI=1S/C15H13ClF3N5S2/c1-6(26-14-23-10(20)4-11(24-14)25-2)9-3-7-8(15(17,18)19)5-21-12(7)13(16)22-9/h3-6,21H,1-2H3,(H2,20,23,24). The lowest BCUT2D eigenvalue weighted by molar-refractivity contribution is -0.136. The fourth-order valence-electron chi connectivity index (χ4n) is 2.34. The van der Waals surface area contributed by atoms with Crippen molar-refractivity contribution in [2.45, 2.75) is 28.5 Å². The minimum absolute atomic E-state index is 0.0150. The monoisotopic (exact) mass is 419 g/mol. The number of aromatic amines is 1. The third-order valence-corrected chi connectivity index (χ3v) is 5.45. The average Bonchev–Trinajstić information content (AvgIpc) is 2.98. The highest BCUT2D eigenvalue weighted by molar-refractivity contribution is 7.99. The van der Waals surface area contributed by atoms with Crippen molar-refractivity contribution < 1.29 is 13.2 Å². The van der Waals surface area contributed by atoms with E-state index in [9.17, 15) is 13.2 Å². The number of aromatic nitrogens is 4. The van der Waals surface area contributed by atoms with Gasteiger partial charge in [0.15, 0.2) is 10.3 Å². The molecule has 3 N–H and O–H groups in total. The van der Waals surface area contributed by atoms with E-state index in [1.54, 1.807) is 13.0 Å². The maximum Gasteiger partial charge on any atom is 0.418 e. The topological polar surface area (TPSA) is 80.5 Å². The Morgan fingerprint density at radius 3 is 2.62 bits per heavy atom. The van der Waals surface area contributed by atoms with Crippen LogP contribution in [0.4, 0.5) is 19.0 Å².